The van der Waals surface area contributed by atoms with Crippen molar-refractivity contribution in [2.75, 3.05) is 0 Å². The van der Waals surface area contributed by atoms with Gasteiger partial charge in [0.15, 0.2) is 0 Å². The summed E-state index contributed by atoms with van der Waals surface area (Å²) in [6.07, 6.45) is 5.52. The predicted octanol–water partition coefficient (Wildman–Crippen LogP) is 2.61. The van der Waals surface area contributed by atoms with E-state index in [1.54, 1.807) is 6.20 Å². The molecule has 1 aromatic heterocycles. The molecule has 0 aliphatic heterocycles. The summed E-state index contributed by atoms with van der Waals surface area (Å²) in [6.45, 7) is 8.01. The molecule has 0 saturated carbocycles. The summed E-state index contributed by atoms with van der Waals surface area (Å²) >= 11 is 0. The maximum Gasteiger partial charge on any atom is 0.0336 e. The molecule has 0 saturated heterocycles. The topological polar surface area (TPSA) is 38.9 Å². The zero-order valence-corrected chi connectivity index (χ0v) is 8.96. The minimum atomic E-state index is 0.0606. The van der Waals surface area contributed by atoms with Crippen molar-refractivity contribution >= 4 is 0 Å². The smallest absolute Gasteiger partial charge is 0.0336 e. The molecule has 1 rings (SSSR count). The lowest BCUT2D eigenvalue weighted by Gasteiger charge is -2.15. The minimum absolute atomic E-state index is 0.0606. The van der Waals surface area contributed by atoms with Crippen LogP contribution in [0.15, 0.2) is 30.6 Å². The number of aryl methyl sites for hydroxylation is 1. The van der Waals surface area contributed by atoms with Gasteiger partial charge in [-0.2, -0.15) is 0 Å². The highest BCUT2D eigenvalue weighted by Crippen LogP contribution is 2.20. The van der Waals surface area contributed by atoms with Crippen LogP contribution in [0.4, 0.5) is 0 Å². The van der Waals surface area contributed by atoms with Gasteiger partial charge in [0.25, 0.3) is 0 Å². The molecule has 0 fully saturated rings. The van der Waals surface area contributed by atoms with E-state index in [4.69, 9.17) is 5.73 Å². The fourth-order valence-corrected chi connectivity index (χ4v) is 1.58. The first kappa shape index (κ1) is 10.9. The van der Waals surface area contributed by atoms with Crippen LogP contribution in [0.1, 0.15) is 37.4 Å². The van der Waals surface area contributed by atoms with Crippen molar-refractivity contribution in [3.8, 4) is 0 Å². The average Bonchev–Trinajstić information content (AvgIpc) is 2.16. The van der Waals surface area contributed by atoms with Crippen molar-refractivity contribution in [1.29, 1.82) is 0 Å². The fourth-order valence-electron chi connectivity index (χ4n) is 1.58. The Morgan fingerprint density at radius 1 is 1.64 bits per heavy atom. The summed E-state index contributed by atoms with van der Waals surface area (Å²) in [5, 5.41) is 0. The van der Waals surface area contributed by atoms with Crippen molar-refractivity contribution in [1.82, 2.24) is 4.98 Å². The summed E-state index contributed by atoms with van der Waals surface area (Å²) in [5.74, 6) is 0. The first-order chi connectivity index (χ1) is 6.65. The van der Waals surface area contributed by atoms with Crippen LogP contribution >= 0.6 is 0 Å². The summed E-state index contributed by atoms with van der Waals surface area (Å²) in [5.41, 5.74) is 9.64. The van der Waals surface area contributed by atoms with Gasteiger partial charge in [0, 0.05) is 18.4 Å². The molecule has 2 N–H and O–H groups in total. The van der Waals surface area contributed by atoms with Crippen LogP contribution in [0.25, 0.3) is 0 Å². The zero-order valence-electron chi connectivity index (χ0n) is 8.96. The van der Waals surface area contributed by atoms with Crippen LogP contribution in [0.3, 0.4) is 0 Å². The van der Waals surface area contributed by atoms with E-state index in [0.717, 1.165) is 18.4 Å². The summed E-state index contributed by atoms with van der Waals surface area (Å²) in [4.78, 5) is 4.10. The monoisotopic (exact) mass is 190 g/mol. The molecule has 1 heterocycles. The summed E-state index contributed by atoms with van der Waals surface area (Å²) < 4.78 is 0. The molecule has 0 radical (unpaired) electrons. The van der Waals surface area contributed by atoms with Gasteiger partial charge in [-0.3, -0.25) is 4.98 Å². The van der Waals surface area contributed by atoms with Gasteiger partial charge in [-0.25, -0.2) is 0 Å². The number of aromatic nitrogens is 1. The molecule has 1 unspecified atom stereocenters. The Morgan fingerprint density at radius 2 is 2.36 bits per heavy atom. The second-order valence-corrected chi connectivity index (χ2v) is 3.70. The number of nitrogens with zero attached hydrogens (tertiary/aromatic N) is 1. The first-order valence-electron chi connectivity index (χ1n) is 4.98. The molecule has 0 aliphatic rings. The van der Waals surface area contributed by atoms with Crippen molar-refractivity contribution < 1.29 is 0 Å². The van der Waals surface area contributed by atoms with Crippen LogP contribution in [0.5, 0.6) is 0 Å². The fraction of sp³-hybridized carbons (Fsp3) is 0.417. The maximum atomic E-state index is 6.08. The lowest BCUT2D eigenvalue weighted by molar-refractivity contribution is 0.705. The molecule has 14 heavy (non-hydrogen) atoms. The third kappa shape index (κ3) is 2.67. The van der Waals surface area contributed by atoms with E-state index in [0.29, 0.717) is 0 Å². The molecule has 0 amide bonds. The lowest BCUT2D eigenvalue weighted by Crippen LogP contribution is -2.12. The molecule has 0 spiro atoms. The van der Waals surface area contributed by atoms with E-state index >= 15 is 0 Å². The van der Waals surface area contributed by atoms with Crippen LogP contribution in [-0.2, 0) is 6.42 Å². The predicted molar refractivity (Wildman–Crippen MR) is 60.0 cm³/mol. The van der Waals surface area contributed by atoms with E-state index in [1.165, 1.54) is 11.1 Å². The Bertz CT molecular complexity index is 318. The third-order valence-electron chi connectivity index (χ3n) is 2.29. The van der Waals surface area contributed by atoms with Gasteiger partial charge in [0.2, 0.25) is 0 Å². The normalized spacial score (nSPS) is 12.5. The molecule has 0 bridgehead atoms. The third-order valence-corrected chi connectivity index (χ3v) is 2.29. The van der Waals surface area contributed by atoms with Gasteiger partial charge in [-0.05, 0) is 37.0 Å². The quantitative estimate of drug-likeness (QED) is 0.741. The second kappa shape index (κ2) is 4.91. The summed E-state index contributed by atoms with van der Waals surface area (Å²) in [6, 6.07) is 2.07. The molecule has 1 atom stereocenters. The largest absolute Gasteiger partial charge is 0.324 e. The number of nitrogens with two attached hydrogens (primary N) is 1. The highest BCUT2D eigenvalue weighted by molar-refractivity contribution is 5.27. The highest BCUT2D eigenvalue weighted by Gasteiger charge is 2.09. The molecule has 2 heteroatoms. The van der Waals surface area contributed by atoms with Crippen LogP contribution in [0, 0.1) is 0 Å². The van der Waals surface area contributed by atoms with E-state index in [1.807, 2.05) is 19.2 Å². The Kier molecular flexibility index (Phi) is 3.84. The molecular weight excluding hydrogens is 172 g/mol. The van der Waals surface area contributed by atoms with E-state index < -0.39 is 0 Å². The lowest BCUT2D eigenvalue weighted by atomic mass is 9.97. The number of rotatable bonds is 4. The molecule has 76 valence electrons. The number of hydrogen-bond acceptors (Lipinski definition) is 2. The minimum Gasteiger partial charge on any atom is -0.324 e. The van der Waals surface area contributed by atoms with E-state index in [2.05, 4.69) is 18.5 Å². The van der Waals surface area contributed by atoms with Crippen molar-refractivity contribution in [3.63, 3.8) is 0 Å². The maximum absolute atomic E-state index is 6.08. The Hall–Kier alpha value is -1.15. The molecule has 0 aliphatic carbocycles. The summed E-state index contributed by atoms with van der Waals surface area (Å²) in [7, 11) is 0. The Morgan fingerprint density at radius 3 is 2.93 bits per heavy atom. The van der Waals surface area contributed by atoms with Gasteiger partial charge < -0.3 is 5.73 Å². The van der Waals surface area contributed by atoms with Gasteiger partial charge >= 0.3 is 0 Å². The molecule has 1 aromatic rings. The standard InChI is InChI=1S/C12H18N2/c1-4-10-8-14-6-5-11(10)12(13)7-9(2)3/h5-6,8,12H,2,4,7,13H2,1,3H3. The highest BCUT2D eigenvalue weighted by atomic mass is 14.7. The van der Waals surface area contributed by atoms with Crippen LogP contribution in [0.2, 0.25) is 0 Å². The second-order valence-electron chi connectivity index (χ2n) is 3.70. The molecule has 2 nitrogen and oxygen atoms in total. The average molecular weight is 190 g/mol. The van der Waals surface area contributed by atoms with E-state index in [-0.39, 0.29) is 6.04 Å². The van der Waals surface area contributed by atoms with Crippen molar-refractivity contribution in [2.45, 2.75) is 32.7 Å². The van der Waals surface area contributed by atoms with Gasteiger partial charge in [-0.15, -0.1) is 6.58 Å². The Balaban J connectivity index is 2.87. The van der Waals surface area contributed by atoms with Crippen LogP contribution < -0.4 is 5.73 Å². The van der Waals surface area contributed by atoms with Gasteiger partial charge in [0.1, 0.15) is 0 Å². The SMILES string of the molecule is C=C(C)CC(N)c1ccncc1CC. The van der Waals surface area contributed by atoms with Crippen LogP contribution in [-0.4, -0.2) is 4.98 Å². The molecular formula is C12H18N2. The van der Waals surface area contributed by atoms with Gasteiger partial charge in [-0.1, -0.05) is 12.5 Å². The van der Waals surface area contributed by atoms with Crippen molar-refractivity contribution in [2.24, 2.45) is 5.73 Å². The molecule has 0 aromatic carbocycles. The number of hydrogen-bond donors (Lipinski definition) is 1. The zero-order chi connectivity index (χ0) is 10.6. The van der Waals surface area contributed by atoms with Gasteiger partial charge in [0.05, 0.1) is 0 Å². The Labute approximate surface area is 85.9 Å². The van der Waals surface area contributed by atoms with Crippen molar-refractivity contribution in [3.05, 3.63) is 41.7 Å². The first-order valence-corrected chi connectivity index (χ1v) is 4.98. The van der Waals surface area contributed by atoms with E-state index in [9.17, 15) is 0 Å². The number of pyridine rings is 1.